The number of aromatic nitrogens is 1. The monoisotopic (exact) mass is 190 g/mol. The Hall–Kier alpha value is -0.760. The van der Waals surface area contributed by atoms with Crippen LogP contribution in [0, 0.1) is 0 Å². The fourth-order valence-corrected chi connectivity index (χ4v) is 3.14. The van der Waals surface area contributed by atoms with Crippen molar-refractivity contribution in [3.63, 3.8) is 0 Å². The number of hydrogen-bond donors (Lipinski definition) is 0. The average Bonchev–Trinajstić information content (AvgIpc) is 2.85. The quantitative estimate of drug-likeness (QED) is 0.659. The van der Waals surface area contributed by atoms with Crippen LogP contribution < -0.4 is 0 Å². The predicted octanol–water partition coefficient (Wildman–Crippen LogP) is 2.29. The highest BCUT2D eigenvalue weighted by atomic mass is 15.2. The van der Waals surface area contributed by atoms with E-state index < -0.39 is 0 Å². The Balaban J connectivity index is 1.82. The number of rotatable bonds is 1. The fraction of sp³-hybridized carbons (Fsp3) is 0.667. The largest absolute Gasteiger partial charge is 0.350 e. The van der Waals surface area contributed by atoms with Crippen molar-refractivity contribution in [2.75, 3.05) is 13.1 Å². The molecular formula is C12H18N2. The third kappa shape index (κ3) is 1.29. The van der Waals surface area contributed by atoms with E-state index >= 15 is 0 Å². The SMILES string of the molecule is c1ccn(C2CCN3CCCCC23)c1. The van der Waals surface area contributed by atoms with E-state index in [1.807, 2.05) is 0 Å². The lowest BCUT2D eigenvalue weighted by molar-refractivity contribution is 0.173. The van der Waals surface area contributed by atoms with Crippen LogP contribution >= 0.6 is 0 Å². The fourth-order valence-electron chi connectivity index (χ4n) is 3.14. The molecule has 3 heterocycles. The van der Waals surface area contributed by atoms with Gasteiger partial charge in [0, 0.05) is 31.0 Å². The van der Waals surface area contributed by atoms with Crippen molar-refractivity contribution in [1.29, 1.82) is 0 Å². The first kappa shape index (κ1) is 8.54. The van der Waals surface area contributed by atoms with E-state index in [0.717, 1.165) is 12.1 Å². The molecule has 3 rings (SSSR count). The van der Waals surface area contributed by atoms with Gasteiger partial charge in [0.25, 0.3) is 0 Å². The molecule has 0 spiro atoms. The Morgan fingerprint density at radius 3 is 2.57 bits per heavy atom. The first-order chi connectivity index (χ1) is 6.95. The Labute approximate surface area is 85.5 Å². The summed E-state index contributed by atoms with van der Waals surface area (Å²) in [6.45, 7) is 2.65. The number of piperidine rings is 1. The van der Waals surface area contributed by atoms with Crippen LogP contribution in [-0.4, -0.2) is 28.6 Å². The summed E-state index contributed by atoms with van der Waals surface area (Å²) >= 11 is 0. The molecule has 2 heteroatoms. The zero-order valence-electron chi connectivity index (χ0n) is 8.60. The second-order valence-corrected chi connectivity index (χ2v) is 4.59. The summed E-state index contributed by atoms with van der Waals surface area (Å²) in [6.07, 6.45) is 10.0. The summed E-state index contributed by atoms with van der Waals surface area (Å²) < 4.78 is 2.41. The Kier molecular flexibility index (Phi) is 2.09. The molecule has 0 N–H and O–H groups in total. The van der Waals surface area contributed by atoms with E-state index in [1.54, 1.807) is 0 Å². The highest BCUT2D eigenvalue weighted by Gasteiger charge is 2.35. The minimum atomic E-state index is 0.755. The molecule has 0 radical (unpaired) electrons. The van der Waals surface area contributed by atoms with Crippen LogP contribution in [0.4, 0.5) is 0 Å². The van der Waals surface area contributed by atoms with Gasteiger partial charge in [-0.1, -0.05) is 6.42 Å². The Morgan fingerprint density at radius 1 is 0.857 bits per heavy atom. The van der Waals surface area contributed by atoms with E-state index in [1.165, 1.54) is 38.8 Å². The number of fused-ring (bicyclic) bond motifs is 1. The summed E-state index contributed by atoms with van der Waals surface area (Å²) in [5, 5.41) is 0. The lowest BCUT2D eigenvalue weighted by atomic mass is 9.99. The van der Waals surface area contributed by atoms with E-state index in [0.29, 0.717) is 0 Å². The molecule has 1 aromatic rings. The van der Waals surface area contributed by atoms with Gasteiger partial charge in [0.1, 0.15) is 0 Å². The highest BCUT2D eigenvalue weighted by molar-refractivity contribution is 5.00. The van der Waals surface area contributed by atoms with Gasteiger partial charge in [-0.3, -0.25) is 4.90 Å². The van der Waals surface area contributed by atoms with Crippen LogP contribution in [0.25, 0.3) is 0 Å². The van der Waals surface area contributed by atoms with Crippen LogP contribution in [0.3, 0.4) is 0 Å². The van der Waals surface area contributed by atoms with Gasteiger partial charge in [0.2, 0.25) is 0 Å². The predicted molar refractivity (Wildman–Crippen MR) is 57.3 cm³/mol. The van der Waals surface area contributed by atoms with Crippen molar-refractivity contribution in [3.8, 4) is 0 Å². The van der Waals surface area contributed by atoms with Crippen molar-refractivity contribution in [2.45, 2.75) is 37.8 Å². The Morgan fingerprint density at radius 2 is 1.71 bits per heavy atom. The van der Waals surface area contributed by atoms with Gasteiger partial charge in [-0.2, -0.15) is 0 Å². The van der Waals surface area contributed by atoms with Gasteiger partial charge >= 0.3 is 0 Å². The van der Waals surface area contributed by atoms with Gasteiger partial charge in [-0.15, -0.1) is 0 Å². The normalized spacial score (nSPS) is 33.1. The molecule has 14 heavy (non-hydrogen) atoms. The van der Waals surface area contributed by atoms with E-state index in [4.69, 9.17) is 0 Å². The van der Waals surface area contributed by atoms with Crippen molar-refractivity contribution in [2.24, 2.45) is 0 Å². The maximum absolute atomic E-state index is 2.69. The molecule has 2 nitrogen and oxygen atoms in total. The third-order valence-corrected chi connectivity index (χ3v) is 3.83. The first-order valence-electron chi connectivity index (χ1n) is 5.82. The summed E-state index contributed by atoms with van der Waals surface area (Å²) in [7, 11) is 0. The molecule has 2 aliphatic rings. The van der Waals surface area contributed by atoms with E-state index in [-0.39, 0.29) is 0 Å². The van der Waals surface area contributed by atoms with Crippen molar-refractivity contribution in [3.05, 3.63) is 24.5 Å². The molecule has 76 valence electrons. The van der Waals surface area contributed by atoms with Crippen LogP contribution in [0.5, 0.6) is 0 Å². The molecule has 2 fully saturated rings. The standard InChI is InChI=1S/C12H18N2/c1-2-7-14-10-6-12(11(14)5-1)13-8-3-4-9-13/h3-4,8-9,11-12H,1-2,5-7,10H2. The highest BCUT2D eigenvalue weighted by Crippen LogP contribution is 2.34. The Bertz CT molecular complexity index is 291. The van der Waals surface area contributed by atoms with Gasteiger partial charge in [0.05, 0.1) is 0 Å². The maximum atomic E-state index is 2.69. The van der Waals surface area contributed by atoms with Gasteiger partial charge in [-0.25, -0.2) is 0 Å². The zero-order chi connectivity index (χ0) is 9.38. The smallest absolute Gasteiger partial charge is 0.0498 e. The molecule has 0 aromatic carbocycles. The number of hydrogen-bond acceptors (Lipinski definition) is 1. The topological polar surface area (TPSA) is 8.17 Å². The zero-order valence-corrected chi connectivity index (χ0v) is 8.60. The van der Waals surface area contributed by atoms with Crippen LogP contribution in [0.2, 0.25) is 0 Å². The third-order valence-electron chi connectivity index (χ3n) is 3.83. The van der Waals surface area contributed by atoms with Crippen LogP contribution in [0.15, 0.2) is 24.5 Å². The molecule has 2 atom stereocenters. The minimum absolute atomic E-state index is 0.755. The van der Waals surface area contributed by atoms with E-state index in [2.05, 4.69) is 34.0 Å². The lowest BCUT2D eigenvalue weighted by Gasteiger charge is -2.32. The molecule has 0 bridgehead atoms. The average molecular weight is 190 g/mol. The molecule has 1 aromatic heterocycles. The minimum Gasteiger partial charge on any atom is -0.350 e. The van der Waals surface area contributed by atoms with Crippen molar-refractivity contribution >= 4 is 0 Å². The molecule has 2 aliphatic heterocycles. The lowest BCUT2D eigenvalue weighted by Crippen LogP contribution is -2.37. The maximum Gasteiger partial charge on any atom is 0.0498 e. The first-order valence-corrected chi connectivity index (χ1v) is 5.82. The van der Waals surface area contributed by atoms with E-state index in [9.17, 15) is 0 Å². The molecule has 2 saturated heterocycles. The molecular weight excluding hydrogens is 172 g/mol. The van der Waals surface area contributed by atoms with Crippen molar-refractivity contribution in [1.82, 2.24) is 9.47 Å². The molecule has 0 aliphatic carbocycles. The van der Waals surface area contributed by atoms with Crippen molar-refractivity contribution < 1.29 is 0 Å². The number of nitrogens with zero attached hydrogens (tertiary/aromatic N) is 2. The second-order valence-electron chi connectivity index (χ2n) is 4.59. The molecule has 2 unspecified atom stereocenters. The van der Waals surface area contributed by atoms with Crippen LogP contribution in [-0.2, 0) is 0 Å². The summed E-state index contributed by atoms with van der Waals surface area (Å²) in [6, 6.07) is 5.87. The van der Waals surface area contributed by atoms with Gasteiger partial charge in [-0.05, 0) is 37.9 Å². The van der Waals surface area contributed by atoms with Gasteiger partial charge < -0.3 is 4.57 Å². The van der Waals surface area contributed by atoms with Gasteiger partial charge in [0.15, 0.2) is 0 Å². The second kappa shape index (κ2) is 3.43. The molecule has 0 saturated carbocycles. The summed E-state index contributed by atoms with van der Waals surface area (Å²) in [4.78, 5) is 2.69. The summed E-state index contributed by atoms with van der Waals surface area (Å²) in [5.41, 5.74) is 0. The van der Waals surface area contributed by atoms with Crippen LogP contribution in [0.1, 0.15) is 31.7 Å². The molecule has 0 amide bonds. The summed E-state index contributed by atoms with van der Waals surface area (Å²) in [5.74, 6) is 0.